The molecule has 33 heavy (non-hydrogen) atoms. The van der Waals surface area contributed by atoms with E-state index in [9.17, 15) is 5.11 Å². The van der Waals surface area contributed by atoms with E-state index < -0.39 is 5.60 Å². The van der Waals surface area contributed by atoms with Crippen LogP contribution in [-0.2, 0) is 4.74 Å². The number of aryl methyl sites for hydroxylation is 1. The topological polar surface area (TPSA) is 82.5 Å². The molecule has 3 N–H and O–H groups in total. The summed E-state index contributed by atoms with van der Waals surface area (Å²) < 4.78 is 6.48. The highest BCUT2D eigenvalue weighted by Gasteiger charge is 2.42. The second-order valence-corrected chi connectivity index (χ2v) is 10.8. The third-order valence-corrected chi connectivity index (χ3v) is 7.99. The molecule has 0 bridgehead atoms. The molecule has 178 valence electrons. The standard InChI is InChI=1S/C24H31Cl2N5O2/c1-13-22(26)21(18(25)10-27-13)14(2)33-16-5-6-19-17(8-16)23(30-29-19)15-4-7-20(28-9-15)31-11-24(3,32)12-31/h4,7,9-10,14,16-17,19,23,29-30,32H,5-6,8,11-12H2,1-3H3/t14-,16?,17?,19?,23?/m1/s1. The van der Waals surface area contributed by atoms with Gasteiger partial charge in [0.1, 0.15) is 5.82 Å². The van der Waals surface area contributed by atoms with Crippen molar-refractivity contribution >= 4 is 29.0 Å². The number of β-amino-alcohol motifs (C(OH)–C–C–N with tert-alkyl or cyclic N) is 1. The van der Waals surface area contributed by atoms with Gasteiger partial charge in [-0.2, -0.15) is 0 Å². The van der Waals surface area contributed by atoms with E-state index in [4.69, 9.17) is 27.9 Å². The predicted octanol–water partition coefficient (Wildman–Crippen LogP) is 4.13. The lowest BCUT2D eigenvalue weighted by Gasteiger charge is -2.45. The Bertz CT molecular complexity index is 1010. The zero-order valence-corrected chi connectivity index (χ0v) is 20.7. The number of aromatic nitrogens is 2. The molecule has 9 heteroatoms. The first-order valence-electron chi connectivity index (χ1n) is 11.6. The summed E-state index contributed by atoms with van der Waals surface area (Å²) in [6.07, 6.45) is 6.49. The van der Waals surface area contributed by atoms with E-state index in [0.717, 1.165) is 41.9 Å². The molecule has 3 fully saturated rings. The number of hydrazine groups is 1. The molecule has 0 spiro atoms. The van der Waals surface area contributed by atoms with E-state index in [1.165, 1.54) is 0 Å². The first-order chi connectivity index (χ1) is 15.7. The molecule has 5 rings (SSSR count). The van der Waals surface area contributed by atoms with Crippen molar-refractivity contribution in [3.63, 3.8) is 0 Å². The van der Waals surface area contributed by atoms with E-state index in [2.05, 4.69) is 31.8 Å². The van der Waals surface area contributed by atoms with Crippen molar-refractivity contribution in [2.24, 2.45) is 5.92 Å². The van der Waals surface area contributed by atoms with Gasteiger partial charge in [-0.25, -0.2) is 10.4 Å². The fraction of sp³-hybridized carbons (Fsp3) is 0.583. The number of rotatable bonds is 5. The lowest BCUT2D eigenvalue weighted by atomic mass is 9.78. The van der Waals surface area contributed by atoms with Crippen LogP contribution in [0.25, 0.3) is 0 Å². The highest BCUT2D eigenvalue weighted by molar-refractivity contribution is 6.36. The van der Waals surface area contributed by atoms with Gasteiger partial charge in [0.2, 0.25) is 0 Å². The maximum atomic E-state index is 9.99. The Balaban J connectivity index is 1.25. The molecule has 2 aromatic heterocycles. The van der Waals surface area contributed by atoms with Crippen LogP contribution < -0.4 is 15.8 Å². The molecule has 0 amide bonds. The smallest absolute Gasteiger partial charge is 0.128 e. The van der Waals surface area contributed by atoms with Crippen LogP contribution in [0.3, 0.4) is 0 Å². The summed E-state index contributed by atoms with van der Waals surface area (Å²) in [6.45, 7) is 6.98. The fourth-order valence-electron chi connectivity index (χ4n) is 5.49. The van der Waals surface area contributed by atoms with Crippen molar-refractivity contribution < 1.29 is 9.84 Å². The highest BCUT2D eigenvalue weighted by atomic mass is 35.5. The summed E-state index contributed by atoms with van der Waals surface area (Å²) in [5, 5.41) is 11.1. The van der Waals surface area contributed by atoms with E-state index in [0.29, 0.717) is 35.1 Å². The van der Waals surface area contributed by atoms with Gasteiger partial charge in [-0.3, -0.25) is 10.4 Å². The number of anilines is 1. The summed E-state index contributed by atoms with van der Waals surface area (Å²) in [6, 6.07) is 4.77. The average molecular weight is 492 g/mol. The quantitative estimate of drug-likeness (QED) is 0.579. The summed E-state index contributed by atoms with van der Waals surface area (Å²) in [4.78, 5) is 11.0. The van der Waals surface area contributed by atoms with Gasteiger partial charge in [-0.1, -0.05) is 29.3 Å². The number of pyridine rings is 2. The Morgan fingerprint density at radius 3 is 2.67 bits per heavy atom. The second-order valence-electron chi connectivity index (χ2n) is 9.97. The molecule has 0 aromatic carbocycles. The fourth-order valence-corrected chi connectivity index (χ4v) is 6.14. The third-order valence-electron chi connectivity index (χ3n) is 7.21. The first-order valence-corrected chi connectivity index (χ1v) is 12.4. The van der Waals surface area contributed by atoms with Crippen LogP contribution in [0, 0.1) is 12.8 Å². The third kappa shape index (κ3) is 4.59. The van der Waals surface area contributed by atoms with E-state index >= 15 is 0 Å². The van der Waals surface area contributed by atoms with Gasteiger partial charge in [-0.05, 0) is 57.6 Å². The summed E-state index contributed by atoms with van der Waals surface area (Å²) >= 11 is 12.9. The first kappa shape index (κ1) is 23.3. The van der Waals surface area contributed by atoms with Crippen molar-refractivity contribution in [3.8, 4) is 0 Å². The largest absolute Gasteiger partial charge is 0.386 e. The van der Waals surface area contributed by atoms with Crippen LogP contribution in [-0.4, -0.2) is 45.9 Å². The number of ether oxygens (including phenoxy) is 1. The summed E-state index contributed by atoms with van der Waals surface area (Å²) in [5.74, 6) is 1.31. The Hall–Kier alpha value is -1.48. The number of nitrogens with one attached hydrogen (secondary N) is 2. The minimum absolute atomic E-state index is 0.126. The van der Waals surface area contributed by atoms with E-state index in [-0.39, 0.29) is 18.2 Å². The highest BCUT2D eigenvalue weighted by Crippen LogP contribution is 2.42. The average Bonchev–Trinajstić information content (AvgIpc) is 3.18. The maximum absolute atomic E-state index is 9.99. The number of halogens is 2. The van der Waals surface area contributed by atoms with Gasteiger partial charge in [0.05, 0.1) is 39.6 Å². The van der Waals surface area contributed by atoms with Gasteiger partial charge in [0.15, 0.2) is 0 Å². The SMILES string of the molecule is Cc1ncc(Cl)c([C@@H](C)OC2CCC3NNC(c4ccc(N5CC(C)(O)C5)nc4)C3C2)c1Cl. The van der Waals surface area contributed by atoms with Crippen LogP contribution in [0.5, 0.6) is 0 Å². The molecule has 1 aliphatic carbocycles. The number of hydrogen-bond acceptors (Lipinski definition) is 7. The van der Waals surface area contributed by atoms with Crippen LogP contribution in [0.4, 0.5) is 5.82 Å². The number of hydrogen-bond donors (Lipinski definition) is 3. The number of aliphatic hydroxyl groups is 1. The minimum atomic E-state index is -0.609. The van der Waals surface area contributed by atoms with Crippen LogP contribution >= 0.6 is 23.2 Å². The van der Waals surface area contributed by atoms with Crippen molar-refractivity contribution in [2.45, 2.75) is 69.9 Å². The van der Waals surface area contributed by atoms with Crippen molar-refractivity contribution in [3.05, 3.63) is 51.4 Å². The number of nitrogens with zero attached hydrogens (tertiary/aromatic N) is 3. The summed E-state index contributed by atoms with van der Waals surface area (Å²) in [5.41, 5.74) is 9.10. The zero-order chi connectivity index (χ0) is 23.3. The van der Waals surface area contributed by atoms with Crippen LogP contribution in [0.15, 0.2) is 24.5 Å². The van der Waals surface area contributed by atoms with Gasteiger partial charge < -0.3 is 14.7 Å². The molecule has 2 saturated heterocycles. The van der Waals surface area contributed by atoms with Crippen molar-refractivity contribution in [1.82, 2.24) is 20.8 Å². The Morgan fingerprint density at radius 2 is 1.97 bits per heavy atom. The second kappa shape index (κ2) is 8.95. The Morgan fingerprint density at radius 1 is 1.18 bits per heavy atom. The molecular formula is C24H31Cl2N5O2. The molecular weight excluding hydrogens is 461 g/mol. The van der Waals surface area contributed by atoms with Gasteiger partial charge in [0.25, 0.3) is 0 Å². The molecule has 2 aliphatic heterocycles. The monoisotopic (exact) mass is 491 g/mol. The minimum Gasteiger partial charge on any atom is -0.386 e. The normalized spacial score (nSPS) is 29.5. The van der Waals surface area contributed by atoms with Gasteiger partial charge in [-0.15, -0.1) is 0 Å². The van der Waals surface area contributed by atoms with Crippen LogP contribution in [0.1, 0.15) is 62.1 Å². The predicted molar refractivity (Wildman–Crippen MR) is 129 cm³/mol. The molecule has 4 unspecified atom stereocenters. The van der Waals surface area contributed by atoms with E-state index in [1.54, 1.807) is 6.20 Å². The maximum Gasteiger partial charge on any atom is 0.128 e. The van der Waals surface area contributed by atoms with E-state index in [1.807, 2.05) is 33.0 Å². The summed E-state index contributed by atoms with van der Waals surface area (Å²) in [7, 11) is 0. The zero-order valence-electron chi connectivity index (χ0n) is 19.2. The molecule has 0 radical (unpaired) electrons. The van der Waals surface area contributed by atoms with Crippen LogP contribution in [0.2, 0.25) is 10.0 Å². The molecule has 2 aromatic rings. The lowest BCUT2D eigenvalue weighted by Crippen LogP contribution is -2.60. The molecule has 4 heterocycles. The molecule has 1 saturated carbocycles. The lowest BCUT2D eigenvalue weighted by molar-refractivity contribution is -0.0370. The van der Waals surface area contributed by atoms with Crippen molar-refractivity contribution in [2.75, 3.05) is 18.0 Å². The number of fused-ring (bicyclic) bond motifs is 1. The molecule has 7 nitrogen and oxygen atoms in total. The Kier molecular flexibility index (Phi) is 6.31. The Labute approximate surface area is 204 Å². The van der Waals surface area contributed by atoms with Crippen molar-refractivity contribution in [1.29, 1.82) is 0 Å². The molecule has 3 aliphatic rings. The molecule has 5 atom stereocenters. The van der Waals surface area contributed by atoms with Gasteiger partial charge >= 0.3 is 0 Å². The van der Waals surface area contributed by atoms with Gasteiger partial charge in [0, 0.05) is 37.1 Å².